The van der Waals surface area contributed by atoms with Crippen LogP contribution in [-0.4, -0.2) is 19.3 Å². The monoisotopic (exact) mass is 278 g/mol. The van der Waals surface area contributed by atoms with Crippen LogP contribution < -0.4 is 0 Å². The lowest BCUT2D eigenvalue weighted by molar-refractivity contribution is 0.623. The van der Waals surface area contributed by atoms with Gasteiger partial charge in [0.1, 0.15) is 0 Å². The van der Waals surface area contributed by atoms with Gasteiger partial charge in [0.15, 0.2) is 0 Å². The summed E-state index contributed by atoms with van der Waals surface area (Å²) in [6.45, 7) is 0.808. The summed E-state index contributed by atoms with van der Waals surface area (Å²) < 4.78 is 4.19. The molecule has 3 aromatic rings. The van der Waals surface area contributed by atoms with Crippen LogP contribution in [0.1, 0.15) is 29.9 Å². The number of rotatable bonds is 3. The molecule has 0 radical (unpaired) electrons. The second-order valence-electron chi connectivity index (χ2n) is 5.56. The summed E-state index contributed by atoms with van der Waals surface area (Å²) in [5.74, 6) is 0. The van der Waals surface area contributed by atoms with Gasteiger partial charge in [-0.2, -0.15) is 5.10 Å². The third-order valence-electron chi connectivity index (χ3n) is 4.11. The second-order valence-corrected chi connectivity index (χ2v) is 5.56. The molecule has 0 atom stereocenters. The summed E-state index contributed by atoms with van der Waals surface area (Å²) in [6, 6.07) is 12.3. The smallest absolute Gasteiger partial charge is 0.0955 e. The summed E-state index contributed by atoms with van der Waals surface area (Å²) in [4.78, 5) is 4.55. The number of para-hydroxylation sites is 1. The summed E-state index contributed by atoms with van der Waals surface area (Å²) in [6.07, 6.45) is 8.81. The van der Waals surface area contributed by atoms with Gasteiger partial charge in [-0.3, -0.25) is 0 Å². The maximum Gasteiger partial charge on any atom is 0.0955 e. The van der Waals surface area contributed by atoms with Crippen LogP contribution in [0.2, 0.25) is 0 Å². The second kappa shape index (κ2) is 5.20. The van der Waals surface area contributed by atoms with Crippen molar-refractivity contribution in [1.82, 2.24) is 19.3 Å². The molecule has 0 aliphatic heterocycles. The Morgan fingerprint density at radius 1 is 1.00 bits per heavy atom. The number of aryl methyl sites for hydroxylation is 1. The minimum atomic E-state index is 0.808. The molecule has 1 aliphatic carbocycles. The molecule has 0 amide bonds. The van der Waals surface area contributed by atoms with E-state index in [0.29, 0.717) is 0 Å². The first-order valence-corrected chi connectivity index (χ1v) is 7.53. The van der Waals surface area contributed by atoms with Gasteiger partial charge in [0, 0.05) is 11.9 Å². The van der Waals surface area contributed by atoms with Gasteiger partial charge in [-0.25, -0.2) is 9.67 Å². The molecule has 1 aromatic carbocycles. The van der Waals surface area contributed by atoms with Gasteiger partial charge in [0.25, 0.3) is 0 Å². The molecule has 0 fully saturated rings. The number of imidazole rings is 1. The molecule has 0 N–H and O–H groups in total. The standard InChI is InChI=1S/C17H18N4/c1-2-6-15(7-3-1)21-11-10-14(19-21)12-20-13-18-16-8-4-5-9-17(16)20/h1-3,6-7,10-11,13H,4-5,8-9,12H2. The van der Waals surface area contributed by atoms with Crippen LogP contribution in [0.3, 0.4) is 0 Å². The van der Waals surface area contributed by atoms with Crippen LogP contribution in [0.5, 0.6) is 0 Å². The van der Waals surface area contributed by atoms with E-state index in [-0.39, 0.29) is 0 Å². The fourth-order valence-corrected chi connectivity index (χ4v) is 3.01. The lowest BCUT2D eigenvalue weighted by Gasteiger charge is -2.13. The predicted octanol–water partition coefficient (Wildman–Crippen LogP) is 3.00. The SMILES string of the molecule is c1ccc(-n2ccc(Cn3cnc4c3CCCC4)n2)cc1. The quantitative estimate of drug-likeness (QED) is 0.738. The Labute approximate surface area is 124 Å². The predicted molar refractivity (Wildman–Crippen MR) is 81.5 cm³/mol. The highest BCUT2D eigenvalue weighted by Gasteiger charge is 2.15. The number of aromatic nitrogens is 4. The maximum absolute atomic E-state index is 4.67. The molecule has 21 heavy (non-hydrogen) atoms. The molecule has 2 aromatic heterocycles. The van der Waals surface area contributed by atoms with E-state index in [1.807, 2.05) is 35.4 Å². The lowest BCUT2D eigenvalue weighted by Crippen LogP contribution is -2.09. The van der Waals surface area contributed by atoms with E-state index >= 15 is 0 Å². The summed E-state index contributed by atoms with van der Waals surface area (Å²) in [5.41, 5.74) is 4.85. The maximum atomic E-state index is 4.67. The molecule has 2 heterocycles. The fraction of sp³-hybridized carbons (Fsp3) is 0.294. The van der Waals surface area contributed by atoms with Gasteiger partial charge >= 0.3 is 0 Å². The van der Waals surface area contributed by atoms with Crippen molar-refractivity contribution in [2.75, 3.05) is 0 Å². The molecular formula is C17H18N4. The van der Waals surface area contributed by atoms with Crippen molar-refractivity contribution < 1.29 is 0 Å². The summed E-state index contributed by atoms with van der Waals surface area (Å²) in [5, 5.41) is 4.67. The van der Waals surface area contributed by atoms with Crippen LogP contribution in [-0.2, 0) is 19.4 Å². The number of nitrogens with zero attached hydrogens (tertiary/aromatic N) is 4. The number of hydrogen-bond donors (Lipinski definition) is 0. The van der Waals surface area contributed by atoms with E-state index in [2.05, 4.69) is 32.8 Å². The highest BCUT2D eigenvalue weighted by Crippen LogP contribution is 2.20. The summed E-state index contributed by atoms with van der Waals surface area (Å²) in [7, 11) is 0. The Morgan fingerprint density at radius 3 is 2.76 bits per heavy atom. The normalized spacial score (nSPS) is 14.1. The van der Waals surface area contributed by atoms with E-state index in [0.717, 1.165) is 30.8 Å². The molecule has 0 saturated carbocycles. The van der Waals surface area contributed by atoms with Crippen LogP contribution in [0, 0.1) is 0 Å². The average Bonchev–Trinajstić information content (AvgIpc) is 3.17. The molecule has 0 spiro atoms. The minimum absolute atomic E-state index is 0.808. The van der Waals surface area contributed by atoms with Crippen LogP contribution in [0.25, 0.3) is 5.69 Å². The van der Waals surface area contributed by atoms with Crippen molar-refractivity contribution in [3.63, 3.8) is 0 Å². The highest BCUT2D eigenvalue weighted by molar-refractivity contribution is 5.30. The van der Waals surface area contributed by atoms with Crippen LogP contribution >= 0.6 is 0 Å². The third kappa shape index (κ3) is 2.37. The first-order chi connectivity index (χ1) is 10.4. The largest absolute Gasteiger partial charge is 0.328 e. The molecule has 0 bridgehead atoms. The molecule has 4 rings (SSSR count). The van der Waals surface area contributed by atoms with E-state index < -0.39 is 0 Å². The van der Waals surface area contributed by atoms with Gasteiger partial charge in [0.2, 0.25) is 0 Å². The molecule has 0 saturated heterocycles. The van der Waals surface area contributed by atoms with Gasteiger partial charge in [-0.1, -0.05) is 18.2 Å². The molecule has 1 aliphatic rings. The van der Waals surface area contributed by atoms with Gasteiger partial charge < -0.3 is 4.57 Å². The number of hydrogen-bond acceptors (Lipinski definition) is 2. The molecule has 106 valence electrons. The minimum Gasteiger partial charge on any atom is -0.328 e. The summed E-state index contributed by atoms with van der Waals surface area (Å²) >= 11 is 0. The van der Waals surface area contributed by atoms with Gasteiger partial charge in [-0.05, 0) is 43.9 Å². The van der Waals surface area contributed by atoms with Crippen molar-refractivity contribution in [2.24, 2.45) is 0 Å². The first-order valence-electron chi connectivity index (χ1n) is 7.53. The van der Waals surface area contributed by atoms with E-state index in [4.69, 9.17) is 0 Å². The molecular weight excluding hydrogens is 260 g/mol. The zero-order valence-electron chi connectivity index (χ0n) is 11.9. The lowest BCUT2D eigenvalue weighted by atomic mass is 10.0. The Bertz CT molecular complexity index is 739. The molecule has 4 heteroatoms. The number of fused-ring (bicyclic) bond motifs is 1. The first kappa shape index (κ1) is 12.4. The Balaban J connectivity index is 1.58. The topological polar surface area (TPSA) is 35.6 Å². The number of benzene rings is 1. The Hall–Kier alpha value is -2.36. The Kier molecular flexibility index (Phi) is 3.07. The van der Waals surface area contributed by atoms with Crippen molar-refractivity contribution >= 4 is 0 Å². The van der Waals surface area contributed by atoms with Gasteiger partial charge in [0.05, 0.1) is 29.9 Å². The van der Waals surface area contributed by atoms with Crippen molar-refractivity contribution in [3.8, 4) is 5.69 Å². The van der Waals surface area contributed by atoms with E-state index in [1.54, 1.807) is 0 Å². The van der Waals surface area contributed by atoms with Crippen molar-refractivity contribution in [2.45, 2.75) is 32.2 Å². The van der Waals surface area contributed by atoms with Crippen molar-refractivity contribution in [3.05, 3.63) is 66.0 Å². The van der Waals surface area contributed by atoms with E-state index in [1.165, 1.54) is 24.2 Å². The average molecular weight is 278 g/mol. The highest BCUT2D eigenvalue weighted by atomic mass is 15.3. The Morgan fingerprint density at radius 2 is 1.86 bits per heavy atom. The zero-order chi connectivity index (χ0) is 14.1. The zero-order valence-corrected chi connectivity index (χ0v) is 11.9. The molecule has 4 nitrogen and oxygen atoms in total. The van der Waals surface area contributed by atoms with Crippen LogP contribution in [0.4, 0.5) is 0 Å². The fourth-order valence-electron chi connectivity index (χ4n) is 3.01. The van der Waals surface area contributed by atoms with Crippen LogP contribution in [0.15, 0.2) is 48.9 Å². The third-order valence-corrected chi connectivity index (χ3v) is 4.11. The molecule has 0 unspecified atom stereocenters. The van der Waals surface area contributed by atoms with E-state index in [9.17, 15) is 0 Å². The van der Waals surface area contributed by atoms with Gasteiger partial charge in [-0.15, -0.1) is 0 Å². The van der Waals surface area contributed by atoms with Crippen molar-refractivity contribution in [1.29, 1.82) is 0 Å².